The summed E-state index contributed by atoms with van der Waals surface area (Å²) in [5.74, 6) is -0.168. The number of hydrogen-bond donors (Lipinski definition) is 2. The van der Waals surface area contributed by atoms with Gasteiger partial charge in [0.1, 0.15) is 0 Å². The summed E-state index contributed by atoms with van der Waals surface area (Å²) in [4.78, 5) is 12.3. The lowest BCUT2D eigenvalue weighted by molar-refractivity contribution is -0.143. The van der Waals surface area contributed by atoms with Crippen molar-refractivity contribution >= 4 is 18.6 Å². The molecule has 0 heterocycles. The molecule has 0 spiro atoms. The van der Waals surface area contributed by atoms with Crippen molar-refractivity contribution in [2.45, 2.75) is 17.2 Å². The molecule has 0 saturated heterocycles. The zero-order chi connectivity index (χ0) is 12.0. The van der Waals surface area contributed by atoms with E-state index in [-0.39, 0.29) is 17.8 Å². The summed E-state index contributed by atoms with van der Waals surface area (Å²) in [7, 11) is 0. The number of rotatable bonds is 2. The maximum Gasteiger partial charge on any atom is 0.307 e. The Hall–Kier alpha value is -1.22. The molecule has 2 bridgehead atoms. The van der Waals surface area contributed by atoms with Crippen LogP contribution in [0.3, 0.4) is 0 Å². The van der Waals surface area contributed by atoms with Gasteiger partial charge in [0.25, 0.3) is 0 Å². The van der Waals surface area contributed by atoms with Crippen LogP contribution in [0.15, 0.2) is 41.3 Å². The molecule has 3 rings (SSSR count). The van der Waals surface area contributed by atoms with Crippen LogP contribution in [-0.4, -0.2) is 11.1 Å². The molecule has 4 atom stereocenters. The third-order valence-corrected chi connectivity index (χ3v) is 4.32. The summed E-state index contributed by atoms with van der Waals surface area (Å²) in [6.07, 6.45) is 5.25. The molecule has 4 unspecified atom stereocenters. The monoisotopic (exact) mass is 246 g/mol. The van der Waals surface area contributed by atoms with Gasteiger partial charge in [0.05, 0.1) is 5.92 Å². The number of hydrogen-bond acceptors (Lipinski definition) is 2. The van der Waals surface area contributed by atoms with E-state index in [1.807, 2.05) is 24.3 Å². The van der Waals surface area contributed by atoms with Crippen molar-refractivity contribution in [3.63, 3.8) is 0 Å². The molecule has 88 valence electrons. The highest BCUT2D eigenvalue weighted by Gasteiger charge is 2.48. The first-order valence-corrected chi connectivity index (χ1v) is 6.31. The number of aliphatic carboxylic acids is 1. The quantitative estimate of drug-likeness (QED) is 0.622. The van der Waals surface area contributed by atoms with Gasteiger partial charge in [-0.25, -0.2) is 0 Å². The lowest BCUT2D eigenvalue weighted by Crippen LogP contribution is -2.25. The smallest absolute Gasteiger partial charge is 0.307 e. The number of carboxylic acids is 1. The van der Waals surface area contributed by atoms with Crippen LogP contribution in [0.4, 0.5) is 0 Å². The first kappa shape index (κ1) is 10.9. The van der Waals surface area contributed by atoms with E-state index in [0.717, 1.165) is 16.9 Å². The summed E-state index contributed by atoms with van der Waals surface area (Å²) >= 11 is 4.26. The van der Waals surface area contributed by atoms with Crippen LogP contribution in [-0.2, 0) is 4.79 Å². The van der Waals surface area contributed by atoms with Crippen LogP contribution in [0, 0.1) is 17.8 Å². The fourth-order valence-electron chi connectivity index (χ4n) is 3.31. The van der Waals surface area contributed by atoms with Gasteiger partial charge in [0, 0.05) is 10.8 Å². The fourth-order valence-corrected chi connectivity index (χ4v) is 3.46. The maximum atomic E-state index is 11.4. The minimum Gasteiger partial charge on any atom is -0.481 e. The van der Waals surface area contributed by atoms with E-state index in [9.17, 15) is 9.90 Å². The molecular formula is C14H14O2S. The third-order valence-electron chi connectivity index (χ3n) is 4.02. The zero-order valence-corrected chi connectivity index (χ0v) is 10.2. The molecule has 2 nitrogen and oxygen atoms in total. The van der Waals surface area contributed by atoms with Crippen LogP contribution in [0.1, 0.15) is 17.9 Å². The summed E-state index contributed by atoms with van der Waals surface area (Å²) in [5.41, 5.74) is 1.13. The molecule has 17 heavy (non-hydrogen) atoms. The lowest BCUT2D eigenvalue weighted by Gasteiger charge is -2.25. The molecule has 0 aromatic heterocycles. The first-order chi connectivity index (χ1) is 8.16. The van der Waals surface area contributed by atoms with Gasteiger partial charge in [0.2, 0.25) is 0 Å². The summed E-state index contributed by atoms with van der Waals surface area (Å²) in [5, 5.41) is 9.37. The Bertz CT molecular complexity index is 478. The van der Waals surface area contributed by atoms with Crippen molar-refractivity contribution in [1.82, 2.24) is 0 Å². The van der Waals surface area contributed by atoms with Crippen molar-refractivity contribution in [2.75, 3.05) is 0 Å². The van der Waals surface area contributed by atoms with Crippen molar-refractivity contribution in [3.05, 3.63) is 42.0 Å². The van der Waals surface area contributed by atoms with Gasteiger partial charge in [-0.3, -0.25) is 4.79 Å². The van der Waals surface area contributed by atoms with Gasteiger partial charge in [-0.15, -0.1) is 12.6 Å². The number of allylic oxidation sites excluding steroid dienone is 2. The minimum absolute atomic E-state index is 0.136. The molecule has 2 aliphatic rings. The van der Waals surface area contributed by atoms with Gasteiger partial charge in [-0.2, -0.15) is 0 Å². The van der Waals surface area contributed by atoms with Crippen LogP contribution in [0.25, 0.3) is 0 Å². The van der Waals surface area contributed by atoms with Crippen LogP contribution >= 0.6 is 12.6 Å². The van der Waals surface area contributed by atoms with Gasteiger partial charge in [-0.05, 0) is 36.0 Å². The van der Waals surface area contributed by atoms with E-state index in [0.29, 0.717) is 5.92 Å². The van der Waals surface area contributed by atoms with Gasteiger partial charge in [-0.1, -0.05) is 24.3 Å². The predicted octanol–water partition coefficient (Wildman–Crippen LogP) is 2.97. The highest BCUT2D eigenvalue weighted by atomic mass is 32.1. The van der Waals surface area contributed by atoms with E-state index in [1.165, 1.54) is 0 Å². The zero-order valence-electron chi connectivity index (χ0n) is 9.28. The highest BCUT2D eigenvalue weighted by Crippen LogP contribution is 2.53. The SMILES string of the molecule is O=C(O)C1C2C=CC(C2)C1c1ccc(S)cc1. The van der Waals surface area contributed by atoms with Crippen LogP contribution in [0.2, 0.25) is 0 Å². The van der Waals surface area contributed by atoms with Gasteiger partial charge >= 0.3 is 5.97 Å². The van der Waals surface area contributed by atoms with Crippen LogP contribution in [0.5, 0.6) is 0 Å². The van der Waals surface area contributed by atoms with Crippen molar-refractivity contribution in [1.29, 1.82) is 0 Å². The number of carbonyl (C=O) groups is 1. The fraction of sp³-hybridized carbons (Fsp3) is 0.357. The Morgan fingerprint density at radius 3 is 2.47 bits per heavy atom. The maximum absolute atomic E-state index is 11.4. The van der Waals surface area contributed by atoms with Gasteiger partial charge < -0.3 is 5.11 Å². The average Bonchev–Trinajstić information content (AvgIpc) is 2.89. The van der Waals surface area contributed by atoms with Crippen LogP contribution < -0.4 is 0 Å². The normalized spacial score (nSPS) is 34.2. The second kappa shape index (κ2) is 3.91. The Balaban J connectivity index is 1.99. The summed E-state index contributed by atoms with van der Waals surface area (Å²) in [6.45, 7) is 0. The van der Waals surface area contributed by atoms with Crippen molar-refractivity contribution in [2.24, 2.45) is 17.8 Å². The third kappa shape index (κ3) is 1.69. The minimum atomic E-state index is -0.665. The van der Waals surface area contributed by atoms with E-state index >= 15 is 0 Å². The molecule has 2 aliphatic carbocycles. The Labute approximate surface area is 106 Å². The standard InChI is InChI=1S/C14H14O2S/c15-14(16)13-10-2-1-9(7-10)12(13)8-3-5-11(17)6-4-8/h1-6,9-10,12-13,17H,7H2,(H,15,16). The largest absolute Gasteiger partial charge is 0.481 e. The Kier molecular flexibility index (Phi) is 2.51. The second-order valence-corrected chi connectivity index (χ2v) is 5.45. The number of carboxylic acid groups (broad SMARTS) is 1. The molecule has 1 fully saturated rings. The topological polar surface area (TPSA) is 37.3 Å². The van der Waals surface area contributed by atoms with E-state index in [4.69, 9.17) is 0 Å². The second-order valence-electron chi connectivity index (χ2n) is 4.93. The van der Waals surface area contributed by atoms with Crippen molar-refractivity contribution in [3.8, 4) is 0 Å². The van der Waals surface area contributed by atoms with E-state index in [1.54, 1.807) is 0 Å². The molecule has 1 N–H and O–H groups in total. The first-order valence-electron chi connectivity index (χ1n) is 5.87. The molecule has 1 saturated carbocycles. The average molecular weight is 246 g/mol. The van der Waals surface area contributed by atoms with E-state index < -0.39 is 5.97 Å². The molecule has 0 amide bonds. The number of thiol groups is 1. The summed E-state index contributed by atoms with van der Waals surface area (Å²) in [6, 6.07) is 7.90. The molecule has 3 heteroatoms. The predicted molar refractivity (Wildman–Crippen MR) is 68.3 cm³/mol. The van der Waals surface area contributed by atoms with Gasteiger partial charge in [0.15, 0.2) is 0 Å². The summed E-state index contributed by atoms with van der Waals surface area (Å²) < 4.78 is 0. The van der Waals surface area contributed by atoms with E-state index in [2.05, 4.69) is 24.8 Å². The molecule has 1 aromatic rings. The number of fused-ring (bicyclic) bond motifs is 2. The van der Waals surface area contributed by atoms with Crippen molar-refractivity contribution < 1.29 is 9.90 Å². The molecule has 0 radical (unpaired) electrons. The Morgan fingerprint density at radius 2 is 1.82 bits per heavy atom. The molecular weight excluding hydrogens is 232 g/mol. The molecule has 0 aliphatic heterocycles. The lowest BCUT2D eigenvalue weighted by atomic mass is 9.78. The highest BCUT2D eigenvalue weighted by molar-refractivity contribution is 7.80. The number of benzene rings is 1. The molecule has 1 aromatic carbocycles. The Morgan fingerprint density at radius 1 is 1.18 bits per heavy atom.